The zero-order valence-electron chi connectivity index (χ0n) is 20.6. The van der Waals surface area contributed by atoms with Crippen LogP contribution in [0.5, 0.6) is 0 Å². The Morgan fingerprint density at radius 1 is 1.06 bits per heavy atom. The van der Waals surface area contributed by atoms with Gasteiger partial charge in [-0.15, -0.1) is 0 Å². The van der Waals surface area contributed by atoms with Crippen LogP contribution < -0.4 is 10.6 Å². The molecule has 5 nitrogen and oxygen atoms in total. The monoisotopic (exact) mass is 470 g/mol. The number of thiocarbonyl (C=S) groups is 1. The van der Waals surface area contributed by atoms with Gasteiger partial charge in [0.1, 0.15) is 0 Å². The number of nitrogens with one attached hydrogen (secondary N) is 2. The van der Waals surface area contributed by atoms with Gasteiger partial charge in [0, 0.05) is 37.8 Å². The van der Waals surface area contributed by atoms with E-state index in [0.29, 0.717) is 12.0 Å². The molecule has 2 aliphatic carbocycles. The summed E-state index contributed by atoms with van der Waals surface area (Å²) in [5.41, 5.74) is 2.90. The van der Waals surface area contributed by atoms with Crippen LogP contribution in [0.2, 0.25) is 0 Å². The van der Waals surface area contributed by atoms with Crippen molar-refractivity contribution in [2.75, 3.05) is 26.2 Å². The molecule has 0 unspecified atom stereocenters. The van der Waals surface area contributed by atoms with Gasteiger partial charge in [0.25, 0.3) is 0 Å². The van der Waals surface area contributed by atoms with Crippen LogP contribution in [0.25, 0.3) is 0 Å². The lowest BCUT2D eigenvalue weighted by molar-refractivity contribution is -0.121. The maximum Gasteiger partial charge on any atom is 0.239 e. The first-order valence-corrected chi connectivity index (χ1v) is 13.5. The van der Waals surface area contributed by atoms with Gasteiger partial charge in [0.15, 0.2) is 5.11 Å². The van der Waals surface area contributed by atoms with Crippen LogP contribution in [0, 0.1) is 12.8 Å². The molecular formula is C27H42N4OS. The van der Waals surface area contributed by atoms with Gasteiger partial charge < -0.3 is 15.5 Å². The fourth-order valence-electron chi connectivity index (χ4n) is 6.09. The molecule has 1 heterocycles. The van der Waals surface area contributed by atoms with E-state index in [9.17, 15) is 4.79 Å². The van der Waals surface area contributed by atoms with Gasteiger partial charge in [0.2, 0.25) is 5.91 Å². The predicted octanol–water partition coefficient (Wildman–Crippen LogP) is 4.38. The normalized spacial score (nSPS) is 25.6. The fourth-order valence-corrected chi connectivity index (χ4v) is 6.32. The Morgan fingerprint density at radius 3 is 2.52 bits per heavy atom. The highest BCUT2D eigenvalue weighted by molar-refractivity contribution is 7.80. The molecule has 6 heteroatoms. The molecule has 1 aromatic carbocycles. The number of carbonyl (C=O) groups excluding carboxylic acids is 1. The lowest BCUT2D eigenvalue weighted by Crippen LogP contribution is -2.64. The van der Waals surface area contributed by atoms with Crippen molar-refractivity contribution in [2.45, 2.75) is 89.8 Å². The van der Waals surface area contributed by atoms with E-state index < -0.39 is 0 Å². The van der Waals surface area contributed by atoms with E-state index in [0.717, 1.165) is 37.7 Å². The van der Waals surface area contributed by atoms with Crippen LogP contribution in [-0.2, 0) is 11.3 Å². The van der Waals surface area contributed by atoms with Crippen LogP contribution in [0.15, 0.2) is 24.3 Å². The van der Waals surface area contributed by atoms with Crippen LogP contribution in [0.4, 0.5) is 0 Å². The summed E-state index contributed by atoms with van der Waals surface area (Å²) >= 11 is 5.77. The van der Waals surface area contributed by atoms with E-state index in [1.807, 2.05) is 0 Å². The van der Waals surface area contributed by atoms with E-state index in [4.69, 9.17) is 12.2 Å². The number of carbonyl (C=O) groups is 1. The zero-order chi connectivity index (χ0) is 23.3. The number of hydrogen-bond donors (Lipinski definition) is 2. The number of hydrogen-bond acceptors (Lipinski definition) is 3. The van der Waals surface area contributed by atoms with E-state index in [2.05, 4.69) is 58.5 Å². The number of nitrogens with zero attached hydrogens (tertiary/aromatic N) is 2. The van der Waals surface area contributed by atoms with Gasteiger partial charge in [-0.1, -0.05) is 68.9 Å². The molecular weight excluding hydrogens is 428 g/mol. The van der Waals surface area contributed by atoms with E-state index in [1.165, 1.54) is 62.5 Å². The minimum absolute atomic E-state index is 0.0708. The molecule has 0 aromatic heterocycles. The molecule has 0 bridgehead atoms. The first-order chi connectivity index (χ1) is 15.9. The van der Waals surface area contributed by atoms with Crippen molar-refractivity contribution in [3.63, 3.8) is 0 Å². The Morgan fingerprint density at radius 2 is 1.79 bits per heavy atom. The largest absolute Gasteiger partial charge is 0.353 e. The first kappa shape index (κ1) is 24.5. The fraction of sp³-hybridized carbons (Fsp3) is 0.704. The molecule has 1 amide bonds. The first-order valence-electron chi connectivity index (χ1n) is 13.1. The number of rotatable bonds is 5. The highest BCUT2D eigenvalue weighted by Gasteiger charge is 2.42. The summed E-state index contributed by atoms with van der Waals surface area (Å²) in [4.78, 5) is 17.6. The number of amides is 1. The third kappa shape index (κ3) is 6.27. The van der Waals surface area contributed by atoms with Gasteiger partial charge in [-0.3, -0.25) is 9.69 Å². The summed E-state index contributed by atoms with van der Waals surface area (Å²) < 4.78 is 0. The second-order valence-corrected chi connectivity index (χ2v) is 11.1. The maximum atomic E-state index is 12.6. The molecule has 1 spiro atoms. The zero-order valence-corrected chi connectivity index (χ0v) is 21.4. The number of piperazine rings is 1. The van der Waals surface area contributed by atoms with Crippen molar-refractivity contribution < 1.29 is 4.79 Å². The predicted molar refractivity (Wildman–Crippen MR) is 139 cm³/mol. The summed E-state index contributed by atoms with van der Waals surface area (Å²) in [7, 11) is 0. The summed E-state index contributed by atoms with van der Waals surface area (Å²) in [6, 6.07) is 9.30. The van der Waals surface area contributed by atoms with Gasteiger partial charge in [-0.05, 0) is 56.3 Å². The minimum Gasteiger partial charge on any atom is -0.353 e. The SMILES string of the molecule is Cc1ccc(CN2CCN(C(=S)NCC(=O)N[C@@H]3CCCC[C@@H]3C)CC23CCCCC3)cc1. The van der Waals surface area contributed by atoms with Gasteiger partial charge >= 0.3 is 0 Å². The van der Waals surface area contributed by atoms with Crippen molar-refractivity contribution in [1.82, 2.24) is 20.4 Å². The highest BCUT2D eigenvalue weighted by Crippen LogP contribution is 2.37. The maximum absolute atomic E-state index is 12.6. The molecule has 33 heavy (non-hydrogen) atoms. The topological polar surface area (TPSA) is 47.6 Å². The molecule has 2 N–H and O–H groups in total. The molecule has 0 radical (unpaired) electrons. The Kier molecular flexibility index (Phi) is 8.29. The third-order valence-electron chi connectivity index (χ3n) is 8.22. The number of aryl methyl sites for hydroxylation is 1. The molecule has 1 aromatic rings. The average molecular weight is 471 g/mol. The second-order valence-electron chi connectivity index (χ2n) is 10.7. The van der Waals surface area contributed by atoms with E-state index in [1.54, 1.807) is 0 Å². The summed E-state index contributed by atoms with van der Waals surface area (Å²) in [6.45, 7) is 8.58. The third-order valence-corrected chi connectivity index (χ3v) is 8.62. The second kappa shape index (κ2) is 11.2. The van der Waals surface area contributed by atoms with Gasteiger partial charge in [0.05, 0.1) is 6.54 Å². The van der Waals surface area contributed by atoms with Crippen LogP contribution in [0.1, 0.15) is 75.8 Å². The highest BCUT2D eigenvalue weighted by atomic mass is 32.1. The van der Waals surface area contributed by atoms with Gasteiger partial charge in [-0.25, -0.2) is 0 Å². The van der Waals surface area contributed by atoms with Crippen LogP contribution >= 0.6 is 12.2 Å². The molecule has 1 saturated heterocycles. The standard InChI is InChI=1S/C27H42N4OS/c1-21-10-12-23(13-11-21)19-31-17-16-30(20-27(31)14-6-3-7-15-27)26(33)28-18-25(32)29-24-9-5-4-8-22(24)2/h10-13,22,24H,3-9,14-20H2,1-2H3,(H,28,33)(H,29,32)/t22-,24+/m0/s1. The molecule has 3 fully saturated rings. The molecule has 4 rings (SSSR count). The Hall–Kier alpha value is -1.66. The molecule has 1 aliphatic heterocycles. The van der Waals surface area contributed by atoms with Crippen LogP contribution in [0.3, 0.4) is 0 Å². The van der Waals surface area contributed by atoms with Crippen LogP contribution in [-0.4, -0.2) is 58.6 Å². The summed E-state index contributed by atoms with van der Waals surface area (Å²) in [5, 5.41) is 7.25. The Labute approximate surface area is 205 Å². The Balaban J connectivity index is 1.32. The van der Waals surface area contributed by atoms with Crippen molar-refractivity contribution in [3.05, 3.63) is 35.4 Å². The minimum atomic E-state index is 0.0708. The molecule has 2 atom stereocenters. The molecule has 3 aliphatic rings. The van der Waals surface area contributed by atoms with E-state index >= 15 is 0 Å². The quantitative estimate of drug-likeness (QED) is 0.625. The van der Waals surface area contributed by atoms with Crippen molar-refractivity contribution in [1.29, 1.82) is 0 Å². The van der Waals surface area contributed by atoms with Crippen molar-refractivity contribution in [3.8, 4) is 0 Å². The van der Waals surface area contributed by atoms with Crippen molar-refractivity contribution >= 4 is 23.2 Å². The Bertz CT molecular complexity index is 805. The van der Waals surface area contributed by atoms with Crippen molar-refractivity contribution in [2.24, 2.45) is 5.92 Å². The lowest BCUT2D eigenvalue weighted by atomic mass is 9.78. The average Bonchev–Trinajstić information content (AvgIpc) is 2.82. The summed E-state index contributed by atoms with van der Waals surface area (Å²) in [6.07, 6.45) is 11.2. The molecule has 2 saturated carbocycles. The van der Waals surface area contributed by atoms with Gasteiger partial charge in [-0.2, -0.15) is 0 Å². The molecule has 182 valence electrons. The lowest BCUT2D eigenvalue weighted by Gasteiger charge is -2.53. The summed E-state index contributed by atoms with van der Waals surface area (Å²) in [5.74, 6) is 0.643. The number of benzene rings is 1. The smallest absolute Gasteiger partial charge is 0.239 e. The van der Waals surface area contributed by atoms with E-state index in [-0.39, 0.29) is 18.0 Å².